The Morgan fingerprint density at radius 2 is 1.68 bits per heavy atom. The van der Waals surface area contributed by atoms with Crippen molar-refractivity contribution in [1.29, 1.82) is 0 Å². The van der Waals surface area contributed by atoms with E-state index in [9.17, 15) is 27.5 Å². The molecule has 0 unspecified atom stereocenters. The third-order valence-corrected chi connectivity index (χ3v) is 7.48. The molecule has 214 valence electrons. The van der Waals surface area contributed by atoms with Crippen LogP contribution in [0.5, 0.6) is 5.88 Å². The molecule has 10 nitrogen and oxygen atoms in total. The summed E-state index contributed by atoms with van der Waals surface area (Å²) < 4.78 is 44.5. The van der Waals surface area contributed by atoms with E-state index in [1.807, 2.05) is 0 Å². The van der Waals surface area contributed by atoms with E-state index in [-0.39, 0.29) is 30.4 Å². The first-order valence-electron chi connectivity index (χ1n) is 12.4. The van der Waals surface area contributed by atoms with E-state index in [4.69, 9.17) is 9.73 Å². The minimum Gasteiger partial charge on any atom is -0.494 e. The van der Waals surface area contributed by atoms with Crippen LogP contribution in [0.4, 0.5) is 15.8 Å². The van der Waals surface area contributed by atoms with Gasteiger partial charge < -0.3 is 19.7 Å². The molecule has 0 bridgehead atoms. The first-order chi connectivity index (χ1) is 19.4. The van der Waals surface area contributed by atoms with Gasteiger partial charge in [0.15, 0.2) is 5.88 Å². The molecule has 12 heteroatoms. The molecule has 0 aliphatic rings. The number of ether oxygens (including phenoxy) is 1. The first kappa shape index (κ1) is 29.3. The Bertz CT molecular complexity index is 1730. The summed E-state index contributed by atoms with van der Waals surface area (Å²) in [6.07, 6.45) is 1.10. The molecule has 1 amide bonds. The van der Waals surface area contributed by atoms with Crippen molar-refractivity contribution in [1.82, 2.24) is 9.88 Å². The number of benzene rings is 3. The van der Waals surface area contributed by atoms with Crippen molar-refractivity contribution in [2.75, 3.05) is 38.3 Å². The Hall–Kier alpha value is -4.71. The highest BCUT2D eigenvalue weighted by Crippen LogP contribution is 2.32. The highest BCUT2D eigenvalue weighted by molar-refractivity contribution is 7.92. The number of fused-ring (bicyclic) bond motifs is 1. The number of halogens is 1. The highest BCUT2D eigenvalue weighted by atomic mass is 32.2. The highest BCUT2D eigenvalue weighted by Gasteiger charge is 2.23. The minimum atomic E-state index is -3.76. The topological polar surface area (TPSA) is 132 Å². The lowest BCUT2D eigenvalue weighted by Gasteiger charge is -2.23. The molecule has 0 spiro atoms. The molecular weight excluding hydrogens is 551 g/mol. The van der Waals surface area contributed by atoms with E-state index < -0.39 is 21.8 Å². The molecule has 2 N–H and O–H groups in total. The van der Waals surface area contributed by atoms with E-state index in [1.165, 1.54) is 42.3 Å². The van der Waals surface area contributed by atoms with Gasteiger partial charge in [0.2, 0.25) is 15.9 Å². The van der Waals surface area contributed by atoms with Crippen molar-refractivity contribution >= 4 is 49.9 Å². The van der Waals surface area contributed by atoms with Crippen LogP contribution in [0.25, 0.3) is 10.9 Å². The lowest BCUT2D eigenvalue weighted by atomic mass is 9.99. The average Bonchev–Trinajstić information content (AvgIpc) is 3.24. The molecule has 1 heterocycles. The number of amides is 1. The lowest BCUT2D eigenvalue weighted by Crippen LogP contribution is -2.39. The monoisotopic (exact) mass is 580 g/mol. The second kappa shape index (κ2) is 11.8. The molecular formula is C29H29FN4O6S. The quantitative estimate of drug-likeness (QED) is 0.229. The van der Waals surface area contributed by atoms with E-state index in [1.54, 1.807) is 50.5 Å². The molecule has 0 aliphatic heterocycles. The van der Waals surface area contributed by atoms with Gasteiger partial charge in [-0.25, -0.2) is 17.8 Å². The van der Waals surface area contributed by atoms with E-state index >= 15 is 0 Å². The van der Waals surface area contributed by atoms with Gasteiger partial charge >= 0.3 is 5.97 Å². The number of methoxy groups -OCH3 is 1. The summed E-state index contributed by atoms with van der Waals surface area (Å²) in [6, 6.07) is 17.3. The number of aromatic hydroxyl groups is 1. The second-order valence-electron chi connectivity index (χ2n) is 9.52. The van der Waals surface area contributed by atoms with Crippen LogP contribution < -0.4 is 4.31 Å². The van der Waals surface area contributed by atoms with Crippen molar-refractivity contribution < 1.29 is 32.2 Å². The normalized spacial score (nSPS) is 11.9. The summed E-state index contributed by atoms with van der Waals surface area (Å²) in [6.45, 7) is -0.364. The number of carbonyl (C=O) groups excluding carboxylic acids is 2. The van der Waals surface area contributed by atoms with Crippen molar-refractivity contribution in [2.24, 2.45) is 4.99 Å². The molecule has 41 heavy (non-hydrogen) atoms. The van der Waals surface area contributed by atoms with Gasteiger partial charge in [0.05, 0.1) is 48.0 Å². The zero-order valence-electron chi connectivity index (χ0n) is 22.9. The number of esters is 1. The minimum absolute atomic E-state index is 0.0789. The van der Waals surface area contributed by atoms with Crippen molar-refractivity contribution in [3.63, 3.8) is 0 Å². The van der Waals surface area contributed by atoms with Gasteiger partial charge in [-0.2, -0.15) is 0 Å². The molecule has 4 rings (SSSR count). The Balaban J connectivity index is 1.80. The van der Waals surface area contributed by atoms with Crippen molar-refractivity contribution in [3.8, 4) is 5.88 Å². The molecule has 0 radical (unpaired) electrons. The maximum Gasteiger partial charge on any atom is 0.309 e. The number of carbonyl (C=O) groups is 2. The van der Waals surface area contributed by atoms with Crippen LogP contribution in [-0.2, 0) is 30.8 Å². The predicted octanol–water partition coefficient (Wildman–Crippen LogP) is 3.75. The first-order valence-corrected chi connectivity index (χ1v) is 14.3. The molecule has 0 aliphatic carbocycles. The van der Waals surface area contributed by atoms with Gasteiger partial charge in [-0.05, 0) is 48.0 Å². The van der Waals surface area contributed by atoms with Crippen LogP contribution in [0, 0.1) is 5.82 Å². The fourth-order valence-corrected chi connectivity index (χ4v) is 5.02. The van der Waals surface area contributed by atoms with Gasteiger partial charge in [0.1, 0.15) is 12.4 Å². The summed E-state index contributed by atoms with van der Waals surface area (Å²) in [5.41, 5.74) is 3.06. The molecule has 4 aromatic rings. The fourth-order valence-electron chi connectivity index (χ4n) is 4.17. The average molecular weight is 581 g/mol. The number of sulfonamides is 1. The lowest BCUT2D eigenvalue weighted by molar-refractivity contribution is -0.139. The van der Waals surface area contributed by atoms with Crippen molar-refractivity contribution in [3.05, 3.63) is 89.2 Å². The third kappa shape index (κ3) is 6.72. The maximum atomic E-state index is 13.9. The zero-order valence-corrected chi connectivity index (χ0v) is 23.7. The number of aromatic amines is 1. The van der Waals surface area contributed by atoms with Gasteiger partial charge in [-0.1, -0.05) is 24.3 Å². The largest absolute Gasteiger partial charge is 0.494 e. The van der Waals surface area contributed by atoms with E-state index in [2.05, 4.69) is 4.98 Å². The molecule has 0 saturated carbocycles. The predicted molar refractivity (Wildman–Crippen MR) is 155 cm³/mol. The SMILES string of the molecule is COC(=O)Cc1ccc(C(=Nc2ccc(N(CC(=O)N(C)C)S(C)(=O)=O)cc2)c2c(O)[nH]c3cc(F)ccc23)cc1. The number of aromatic nitrogens is 1. The Labute approximate surface area is 236 Å². The number of rotatable bonds is 9. The van der Waals surface area contributed by atoms with Crippen LogP contribution in [-0.4, -0.2) is 75.0 Å². The Kier molecular flexibility index (Phi) is 8.43. The summed E-state index contributed by atoms with van der Waals surface area (Å²) in [5.74, 6) is -1.47. The molecule has 0 saturated heterocycles. The number of likely N-dealkylation sites (N-methyl/N-ethyl adjacent to an activating group) is 1. The molecule has 3 aromatic carbocycles. The van der Waals surface area contributed by atoms with Crippen LogP contribution in [0.15, 0.2) is 71.7 Å². The van der Waals surface area contributed by atoms with Gasteiger partial charge in [0.25, 0.3) is 0 Å². The summed E-state index contributed by atoms with van der Waals surface area (Å²) in [4.78, 5) is 32.8. The van der Waals surface area contributed by atoms with Gasteiger partial charge in [-0.15, -0.1) is 0 Å². The number of nitrogens with zero attached hydrogens (tertiary/aromatic N) is 3. The standard InChI is InChI=1S/C29H29FN4O6S/c1-33(2)25(35)17-34(41(4,38)39)22-12-10-21(11-13-22)31-28(19-7-5-18(6-8-19)15-26(36)40-3)27-23-14-9-20(30)16-24(23)32-29(27)37/h5-14,16,32,37H,15,17H2,1-4H3. The summed E-state index contributed by atoms with van der Waals surface area (Å²) >= 11 is 0. The van der Waals surface area contributed by atoms with Crippen LogP contribution in [0.2, 0.25) is 0 Å². The summed E-state index contributed by atoms with van der Waals surface area (Å²) in [7, 11) is 0.631. The smallest absolute Gasteiger partial charge is 0.309 e. The zero-order chi connectivity index (χ0) is 29.9. The molecule has 0 atom stereocenters. The number of H-pyrrole nitrogens is 1. The number of aliphatic imine (C=N–C) groups is 1. The van der Waals surface area contributed by atoms with E-state index in [0.29, 0.717) is 39.0 Å². The van der Waals surface area contributed by atoms with Crippen molar-refractivity contribution in [2.45, 2.75) is 6.42 Å². The van der Waals surface area contributed by atoms with Crippen LogP contribution in [0.1, 0.15) is 16.7 Å². The summed E-state index contributed by atoms with van der Waals surface area (Å²) in [5, 5.41) is 11.4. The number of hydrogen-bond acceptors (Lipinski definition) is 7. The maximum absolute atomic E-state index is 13.9. The van der Waals surface area contributed by atoms with Crippen LogP contribution in [0.3, 0.4) is 0 Å². The van der Waals surface area contributed by atoms with Crippen LogP contribution >= 0.6 is 0 Å². The fraction of sp³-hybridized carbons (Fsp3) is 0.207. The van der Waals surface area contributed by atoms with Gasteiger partial charge in [-0.3, -0.25) is 13.9 Å². The molecule has 1 aromatic heterocycles. The number of nitrogens with one attached hydrogen (secondary N) is 1. The molecule has 0 fully saturated rings. The number of hydrogen-bond donors (Lipinski definition) is 2. The second-order valence-corrected chi connectivity index (χ2v) is 11.4. The number of anilines is 1. The van der Waals surface area contributed by atoms with E-state index in [0.717, 1.165) is 10.6 Å². The Morgan fingerprint density at radius 3 is 2.27 bits per heavy atom. The Morgan fingerprint density at radius 1 is 1.02 bits per heavy atom. The third-order valence-electron chi connectivity index (χ3n) is 6.34. The van der Waals surface area contributed by atoms with Gasteiger partial charge in [0, 0.05) is 25.0 Å².